The molecule has 0 radical (unpaired) electrons. The molecule has 24 heavy (non-hydrogen) atoms. The van der Waals surface area contributed by atoms with E-state index in [0.717, 1.165) is 19.5 Å². The number of aryl methyl sites for hydroxylation is 1. The van der Waals surface area contributed by atoms with Crippen LogP contribution >= 0.6 is 0 Å². The summed E-state index contributed by atoms with van der Waals surface area (Å²) in [4.78, 5) is 14.3. The molecule has 3 rings (SSSR count). The summed E-state index contributed by atoms with van der Waals surface area (Å²) < 4.78 is 24.7. The van der Waals surface area contributed by atoms with Crippen LogP contribution in [0.1, 0.15) is 48.9 Å². The predicted octanol–water partition coefficient (Wildman–Crippen LogP) is 4.06. The Kier molecular flexibility index (Phi) is 4.07. The van der Waals surface area contributed by atoms with Crippen LogP contribution in [-0.4, -0.2) is 29.1 Å². The van der Waals surface area contributed by atoms with Crippen molar-refractivity contribution in [1.82, 2.24) is 10.1 Å². The molecule has 128 valence electrons. The monoisotopic (exact) mass is 332 g/mol. The molecule has 0 spiro atoms. The van der Waals surface area contributed by atoms with Gasteiger partial charge in [-0.15, -0.1) is 0 Å². The lowest BCUT2D eigenvalue weighted by molar-refractivity contribution is 0.0647. The van der Waals surface area contributed by atoms with Gasteiger partial charge in [-0.3, -0.25) is 4.79 Å². The number of likely N-dealkylation sites (tertiary alicyclic amines) is 1. The summed E-state index contributed by atoms with van der Waals surface area (Å²) in [5, 5.41) is 3.88. The zero-order chi connectivity index (χ0) is 17.5. The average molecular weight is 332 g/mol. The Morgan fingerprint density at radius 1 is 1.33 bits per heavy atom. The van der Waals surface area contributed by atoms with E-state index in [1.807, 2.05) is 20.8 Å². The molecule has 0 bridgehead atoms. The van der Waals surface area contributed by atoms with Crippen LogP contribution in [-0.2, 0) is 5.41 Å². The number of carbonyl (C=O) groups is 1. The Hall–Kier alpha value is -2.37. The molecule has 1 amide bonds. The Labute approximate surface area is 140 Å². The molecule has 1 saturated heterocycles. The summed E-state index contributed by atoms with van der Waals surface area (Å²) in [5.41, 5.74) is 0.710. The van der Waals surface area contributed by atoms with Gasteiger partial charge in [0.1, 0.15) is 17.1 Å². The molecular weight excluding hydrogens is 311 g/mol. The molecule has 1 aromatic heterocycles. The van der Waals surface area contributed by atoms with Crippen molar-refractivity contribution in [1.29, 1.82) is 0 Å². The van der Waals surface area contributed by atoms with Gasteiger partial charge in [0.25, 0.3) is 11.8 Å². The topological polar surface area (TPSA) is 55.6 Å². The minimum atomic E-state index is -0.333. The summed E-state index contributed by atoms with van der Waals surface area (Å²) in [5.74, 6) is 0.535. The van der Waals surface area contributed by atoms with Crippen molar-refractivity contribution in [2.75, 3.05) is 13.1 Å². The van der Waals surface area contributed by atoms with Crippen molar-refractivity contribution < 1.29 is 18.4 Å². The van der Waals surface area contributed by atoms with Gasteiger partial charge in [0.2, 0.25) is 0 Å². The molecule has 0 unspecified atom stereocenters. The van der Waals surface area contributed by atoms with Crippen LogP contribution in [0.5, 0.6) is 11.6 Å². The Bertz CT molecular complexity index is 773. The molecule has 2 aromatic rings. The van der Waals surface area contributed by atoms with E-state index in [2.05, 4.69) is 5.16 Å². The van der Waals surface area contributed by atoms with Gasteiger partial charge in [-0.1, -0.05) is 20.8 Å². The molecule has 1 aliphatic rings. The van der Waals surface area contributed by atoms with Gasteiger partial charge in [-0.25, -0.2) is 4.39 Å². The van der Waals surface area contributed by atoms with Crippen molar-refractivity contribution in [2.45, 2.75) is 39.5 Å². The van der Waals surface area contributed by atoms with E-state index in [1.165, 1.54) is 12.1 Å². The second-order valence-electron chi connectivity index (χ2n) is 7.06. The second-order valence-corrected chi connectivity index (χ2v) is 7.06. The van der Waals surface area contributed by atoms with E-state index in [0.29, 0.717) is 22.6 Å². The fourth-order valence-corrected chi connectivity index (χ4v) is 2.62. The van der Waals surface area contributed by atoms with E-state index in [1.54, 1.807) is 17.9 Å². The minimum Gasteiger partial charge on any atom is -0.436 e. The average Bonchev–Trinajstić information content (AvgIpc) is 2.78. The number of aromatic nitrogens is 1. The van der Waals surface area contributed by atoms with Crippen LogP contribution in [0.4, 0.5) is 4.39 Å². The first-order valence-electron chi connectivity index (χ1n) is 8.01. The van der Waals surface area contributed by atoms with E-state index < -0.39 is 0 Å². The van der Waals surface area contributed by atoms with E-state index in [-0.39, 0.29) is 23.0 Å². The quantitative estimate of drug-likeness (QED) is 0.850. The first-order chi connectivity index (χ1) is 11.3. The number of rotatable bonds is 3. The van der Waals surface area contributed by atoms with Crippen molar-refractivity contribution >= 4 is 5.91 Å². The van der Waals surface area contributed by atoms with Gasteiger partial charge in [0.05, 0.1) is 0 Å². The van der Waals surface area contributed by atoms with Crippen LogP contribution in [0.15, 0.2) is 22.7 Å². The zero-order valence-electron chi connectivity index (χ0n) is 14.4. The van der Waals surface area contributed by atoms with Gasteiger partial charge in [0, 0.05) is 18.7 Å². The number of hydrogen-bond acceptors (Lipinski definition) is 4. The maximum absolute atomic E-state index is 13.6. The number of amides is 1. The fraction of sp³-hybridized carbons (Fsp3) is 0.444. The predicted molar refractivity (Wildman–Crippen MR) is 86.9 cm³/mol. The van der Waals surface area contributed by atoms with Gasteiger partial charge >= 0.3 is 0 Å². The van der Waals surface area contributed by atoms with Gasteiger partial charge < -0.3 is 14.2 Å². The van der Waals surface area contributed by atoms with Crippen molar-refractivity contribution in [3.8, 4) is 11.6 Å². The Morgan fingerprint density at radius 2 is 2.04 bits per heavy atom. The highest BCUT2D eigenvalue weighted by Gasteiger charge is 2.30. The summed E-state index contributed by atoms with van der Waals surface area (Å²) in [7, 11) is 0. The number of nitrogens with zero attached hydrogens (tertiary/aromatic N) is 2. The highest BCUT2D eigenvalue weighted by Crippen LogP contribution is 2.36. The first-order valence-corrected chi connectivity index (χ1v) is 8.01. The zero-order valence-corrected chi connectivity index (χ0v) is 14.4. The normalized spacial score (nSPS) is 14.5. The SMILES string of the molecule is Cc1onc(Oc2ccc(F)cc2C(C)(C)C)c1C(=O)N1CCC1. The largest absolute Gasteiger partial charge is 0.436 e. The van der Waals surface area contributed by atoms with Gasteiger partial charge in [0.15, 0.2) is 5.76 Å². The van der Waals surface area contributed by atoms with Crippen LogP contribution in [0.3, 0.4) is 0 Å². The molecule has 5 nitrogen and oxygen atoms in total. The molecule has 0 atom stereocenters. The highest BCUT2D eigenvalue weighted by atomic mass is 19.1. The lowest BCUT2D eigenvalue weighted by Crippen LogP contribution is -2.42. The molecule has 0 N–H and O–H groups in total. The summed E-state index contributed by atoms with van der Waals surface area (Å²) in [6.07, 6.45) is 0.998. The number of hydrogen-bond donors (Lipinski definition) is 0. The van der Waals surface area contributed by atoms with Crippen LogP contribution in [0, 0.1) is 12.7 Å². The number of benzene rings is 1. The number of halogens is 1. The van der Waals surface area contributed by atoms with Crippen LogP contribution in [0.25, 0.3) is 0 Å². The maximum Gasteiger partial charge on any atom is 0.272 e. The third-order valence-electron chi connectivity index (χ3n) is 4.14. The number of ether oxygens (including phenoxy) is 1. The maximum atomic E-state index is 13.6. The third kappa shape index (κ3) is 3.00. The van der Waals surface area contributed by atoms with Crippen LogP contribution < -0.4 is 4.74 Å². The number of carbonyl (C=O) groups excluding carboxylic acids is 1. The lowest BCUT2D eigenvalue weighted by atomic mass is 9.86. The molecule has 1 fully saturated rings. The first kappa shape index (κ1) is 16.5. The summed E-state index contributed by atoms with van der Waals surface area (Å²) in [6, 6.07) is 4.32. The van der Waals surface area contributed by atoms with Crippen LogP contribution in [0.2, 0.25) is 0 Å². The molecule has 0 saturated carbocycles. The molecule has 6 heteroatoms. The van der Waals surface area contributed by atoms with Crippen molar-refractivity contribution in [3.05, 3.63) is 40.9 Å². The molecular formula is C18H21FN2O3. The summed E-state index contributed by atoms with van der Waals surface area (Å²) in [6.45, 7) is 9.04. The smallest absolute Gasteiger partial charge is 0.272 e. The molecule has 2 heterocycles. The van der Waals surface area contributed by atoms with E-state index in [4.69, 9.17) is 9.26 Å². The Morgan fingerprint density at radius 3 is 2.62 bits per heavy atom. The standard InChI is InChI=1S/C18H21FN2O3/c1-11-15(17(22)21-8-5-9-21)16(20-24-11)23-14-7-6-12(19)10-13(14)18(2,3)4/h6-7,10H,5,8-9H2,1-4H3. The van der Waals surface area contributed by atoms with E-state index >= 15 is 0 Å². The van der Waals surface area contributed by atoms with Gasteiger partial charge in [-0.05, 0) is 42.1 Å². The summed E-state index contributed by atoms with van der Waals surface area (Å²) >= 11 is 0. The molecule has 1 aliphatic heterocycles. The second kappa shape index (κ2) is 5.92. The minimum absolute atomic E-state index is 0.126. The highest BCUT2D eigenvalue weighted by molar-refractivity contribution is 5.97. The molecule has 1 aromatic carbocycles. The van der Waals surface area contributed by atoms with E-state index in [9.17, 15) is 9.18 Å². The fourth-order valence-electron chi connectivity index (χ4n) is 2.62. The van der Waals surface area contributed by atoms with Crippen molar-refractivity contribution in [2.24, 2.45) is 0 Å². The Balaban J connectivity index is 1.97. The molecule has 0 aliphatic carbocycles. The third-order valence-corrected chi connectivity index (χ3v) is 4.14. The van der Waals surface area contributed by atoms with Gasteiger partial charge in [-0.2, -0.15) is 0 Å². The van der Waals surface area contributed by atoms with Crippen molar-refractivity contribution in [3.63, 3.8) is 0 Å². The lowest BCUT2D eigenvalue weighted by Gasteiger charge is -2.30.